The van der Waals surface area contributed by atoms with Gasteiger partial charge >= 0.3 is 5.69 Å². The summed E-state index contributed by atoms with van der Waals surface area (Å²) in [6.45, 7) is 0.284. The lowest BCUT2D eigenvalue weighted by Gasteiger charge is -2.05. The molecule has 0 atom stereocenters. The molecule has 2 aromatic rings. The standard InChI is InChI=1S/C12H10BrN3O3/c13-9-7-11(16(17)18)12(15-8-9)19-6-4-10-3-1-2-5-14-10/h1-3,5,7-8H,4,6H2. The van der Waals surface area contributed by atoms with Crippen LogP contribution >= 0.6 is 15.9 Å². The van der Waals surface area contributed by atoms with Crippen molar-refractivity contribution < 1.29 is 9.66 Å². The zero-order chi connectivity index (χ0) is 13.7. The Morgan fingerprint density at radius 1 is 1.37 bits per heavy atom. The molecule has 2 aromatic heterocycles. The molecule has 0 N–H and O–H groups in total. The second kappa shape index (κ2) is 6.24. The monoisotopic (exact) mass is 323 g/mol. The SMILES string of the molecule is O=[N+]([O-])c1cc(Br)cnc1OCCc1ccccn1. The van der Waals surface area contributed by atoms with E-state index in [1.165, 1.54) is 12.3 Å². The fraction of sp³-hybridized carbons (Fsp3) is 0.167. The molecule has 0 amide bonds. The summed E-state index contributed by atoms with van der Waals surface area (Å²) < 4.78 is 5.88. The van der Waals surface area contributed by atoms with Gasteiger partial charge in [0.25, 0.3) is 5.88 Å². The van der Waals surface area contributed by atoms with Gasteiger partial charge in [0.15, 0.2) is 0 Å². The quantitative estimate of drug-likeness (QED) is 0.624. The molecule has 19 heavy (non-hydrogen) atoms. The largest absolute Gasteiger partial charge is 0.472 e. The molecule has 2 heterocycles. The van der Waals surface area contributed by atoms with Crippen molar-refractivity contribution in [3.8, 4) is 5.88 Å². The van der Waals surface area contributed by atoms with Crippen LogP contribution in [0.2, 0.25) is 0 Å². The zero-order valence-electron chi connectivity index (χ0n) is 9.82. The summed E-state index contributed by atoms with van der Waals surface area (Å²) in [6.07, 6.45) is 3.72. The van der Waals surface area contributed by atoms with Crippen molar-refractivity contribution in [2.75, 3.05) is 6.61 Å². The molecule has 0 aliphatic rings. The summed E-state index contributed by atoms with van der Waals surface area (Å²) in [7, 11) is 0. The molecular formula is C12H10BrN3O3. The van der Waals surface area contributed by atoms with Gasteiger partial charge in [0.2, 0.25) is 0 Å². The van der Waals surface area contributed by atoms with E-state index >= 15 is 0 Å². The van der Waals surface area contributed by atoms with Crippen molar-refractivity contribution >= 4 is 21.6 Å². The normalized spacial score (nSPS) is 10.2. The minimum absolute atomic E-state index is 0.0177. The number of aromatic nitrogens is 2. The molecule has 0 aromatic carbocycles. The van der Waals surface area contributed by atoms with E-state index in [4.69, 9.17) is 4.74 Å². The highest BCUT2D eigenvalue weighted by atomic mass is 79.9. The highest BCUT2D eigenvalue weighted by molar-refractivity contribution is 9.10. The van der Waals surface area contributed by atoms with E-state index < -0.39 is 4.92 Å². The van der Waals surface area contributed by atoms with Crippen LogP contribution < -0.4 is 4.74 Å². The van der Waals surface area contributed by atoms with Crippen molar-refractivity contribution in [2.45, 2.75) is 6.42 Å². The molecule has 0 radical (unpaired) electrons. The van der Waals surface area contributed by atoms with Gasteiger partial charge in [0.05, 0.1) is 11.5 Å². The highest BCUT2D eigenvalue weighted by Crippen LogP contribution is 2.27. The fourth-order valence-electron chi connectivity index (χ4n) is 1.46. The highest BCUT2D eigenvalue weighted by Gasteiger charge is 2.17. The second-order valence-electron chi connectivity index (χ2n) is 3.65. The first-order valence-corrected chi connectivity index (χ1v) is 6.29. The van der Waals surface area contributed by atoms with Gasteiger partial charge in [-0.1, -0.05) is 6.07 Å². The zero-order valence-corrected chi connectivity index (χ0v) is 11.4. The third kappa shape index (κ3) is 3.72. The lowest BCUT2D eigenvalue weighted by molar-refractivity contribution is -0.386. The number of ether oxygens (including phenoxy) is 1. The summed E-state index contributed by atoms with van der Waals surface area (Å²) >= 11 is 3.14. The van der Waals surface area contributed by atoms with Gasteiger partial charge in [-0.05, 0) is 28.1 Å². The van der Waals surface area contributed by atoms with Crippen molar-refractivity contribution in [1.82, 2.24) is 9.97 Å². The van der Waals surface area contributed by atoms with Crippen LogP contribution in [-0.4, -0.2) is 21.5 Å². The minimum atomic E-state index is -0.520. The first-order chi connectivity index (χ1) is 9.16. The lowest BCUT2D eigenvalue weighted by Crippen LogP contribution is -2.05. The van der Waals surface area contributed by atoms with E-state index in [1.54, 1.807) is 6.20 Å². The van der Waals surface area contributed by atoms with Crippen LogP contribution in [0.25, 0.3) is 0 Å². The third-order valence-electron chi connectivity index (χ3n) is 2.32. The van der Waals surface area contributed by atoms with Crippen LogP contribution in [0.5, 0.6) is 5.88 Å². The van der Waals surface area contributed by atoms with Crippen molar-refractivity contribution in [3.05, 3.63) is 56.9 Å². The minimum Gasteiger partial charge on any atom is -0.472 e. The smallest absolute Gasteiger partial charge is 0.332 e. The molecule has 98 valence electrons. The fourth-order valence-corrected chi connectivity index (χ4v) is 1.78. The molecule has 7 heteroatoms. The van der Waals surface area contributed by atoms with Crippen LogP contribution in [0.3, 0.4) is 0 Å². The number of hydrogen-bond acceptors (Lipinski definition) is 5. The molecule has 0 aliphatic heterocycles. The topological polar surface area (TPSA) is 78.2 Å². The predicted molar refractivity (Wildman–Crippen MR) is 72.0 cm³/mol. The molecule has 0 spiro atoms. The second-order valence-corrected chi connectivity index (χ2v) is 4.57. The Kier molecular flexibility index (Phi) is 4.40. The number of halogens is 1. The Morgan fingerprint density at radius 3 is 2.89 bits per heavy atom. The van der Waals surface area contributed by atoms with Gasteiger partial charge in [-0.25, -0.2) is 4.98 Å². The van der Waals surface area contributed by atoms with Gasteiger partial charge in [-0.2, -0.15) is 0 Å². The van der Waals surface area contributed by atoms with Gasteiger partial charge < -0.3 is 4.74 Å². The van der Waals surface area contributed by atoms with Crippen molar-refractivity contribution in [1.29, 1.82) is 0 Å². The average Bonchev–Trinajstić information content (AvgIpc) is 2.41. The lowest BCUT2D eigenvalue weighted by atomic mass is 10.3. The maximum absolute atomic E-state index is 10.9. The summed E-state index contributed by atoms with van der Waals surface area (Å²) in [4.78, 5) is 18.4. The van der Waals surface area contributed by atoms with Crippen LogP contribution in [-0.2, 0) is 6.42 Å². The molecule has 6 nitrogen and oxygen atoms in total. The maximum atomic E-state index is 10.9. The third-order valence-corrected chi connectivity index (χ3v) is 2.75. The summed E-state index contributed by atoms with van der Waals surface area (Å²) in [5.74, 6) is 0.0177. The number of nitrogens with zero attached hydrogens (tertiary/aromatic N) is 3. The summed E-state index contributed by atoms with van der Waals surface area (Å²) in [5.41, 5.74) is 0.706. The molecule has 0 bridgehead atoms. The van der Waals surface area contributed by atoms with E-state index in [0.29, 0.717) is 10.9 Å². The summed E-state index contributed by atoms with van der Waals surface area (Å²) in [6, 6.07) is 6.93. The van der Waals surface area contributed by atoms with E-state index in [0.717, 1.165) is 5.69 Å². The number of hydrogen-bond donors (Lipinski definition) is 0. The Morgan fingerprint density at radius 2 is 2.21 bits per heavy atom. The van der Waals surface area contributed by atoms with Gasteiger partial charge in [-0.3, -0.25) is 15.1 Å². The molecule has 2 rings (SSSR count). The molecule has 0 unspecified atom stereocenters. The molecule has 0 fully saturated rings. The van der Waals surface area contributed by atoms with Crippen LogP contribution in [0.4, 0.5) is 5.69 Å². The van der Waals surface area contributed by atoms with Crippen LogP contribution in [0.15, 0.2) is 41.1 Å². The van der Waals surface area contributed by atoms with Crippen LogP contribution in [0.1, 0.15) is 5.69 Å². The molecule has 0 saturated carbocycles. The number of pyridine rings is 2. The van der Waals surface area contributed by atoms with Gasteiger partial charge in [-0.15, -0.1) is 0 Å². The Bertz CT molecular complexity index is 578. The molecule has 0 saturated heterocycles. The van der Waals surface area contributed by atoms with E-state index in [-0.39, 0.29) is 18.2 Å². The first-order valence-electron chi connectivity index (χ1n) is 5.49. The van der Waals surface area contributed by atoms with E-state index in [1.807, 2.05) is 18.2 Å². The number of nitro groups is 1. The first kappa shape index (κ1) is 13.4. The van der Waals surface area contributed by atoms with Crippen molar-refractivity contribution in [2.24, 2.45) is 0 Å². The Labute approximate surface area is 117 Å². The van der Waals surface area contributed by atoms with Crippen LogP contribution in [0, 0.1) is 10.1 Å². The molecule has 0 aliphatic carbocycles. The van der Waals surface area contributed by atoms with Gasteiger partial charge in [0.1, 0.15) is 0 Å². The molecular weight excluding hydrogens is 314 g/mol. The number of rotatable bonds is 5. The Balaban J connectivity index is 2.02. The predicted octanol–water partition coefficient (Wildman–Crippen LogP) is 2.77. The average molecular weight is 324 g/mol. The van der Waals surface area contributed by atoms with Gasteiger partial charge in [0, 0.05) is 35.0 Å². The van der Waals surface area contributed by atoms with E-state index in [2.05, 4.69) is 25.9 Å². The maximum Gasteiger partial charge on any atom is 0.332 e. The Hall–Kier alpha value is -2.02. The van der Waals surface area contributed by atoms with E-state index in [9.17, 15) is 10.1 Å². The van der Waals surface area contributed by atoms with Crippen molar-refractivity contribution in [3.63, 3.8) is 0 Å². The summed E-state index contributed by atoms with van der Waals surface area (Å²) in [5, 5.41) is 10.9.